The van der Waals surface area contributed by atoms with Crippen LogP contribution >= 0.6 is 12.6 Å². The number of benzene rings is 1. The minimum absolute atomic E-state index is 0.508. The second-order valence-electron chi connectivity index (χ2n) is 2.63. The maximum absolute atomic E-state index is 8.45. The molecule has 0 saturated carbocycles. The molecule has 68 valence electrons. The average Bonchev–Trinajstić information content (AvgIpc) is 2.15. The Hall–Kier alpha value is -1.14. The zero-order chi connectivity index (χ0) is 9.68. The Balaban J connectivity index is 2.93. The number of nitrogens with zero attached hydrogens (tertiary/aromatic N) is 1. The highest BCUT2D eigenvalue weighted by Gasteiger charge is 2.04. The van der Waals surface area contributed by atoms with Crippen molar-refractivity contribution in [2.24, 2.45) is 0 Å². The molecule has 0 bridgehead atoms. The summed E-state index contributed by atoms with van der Waals surface area (Å²) in [5, 5.41) is 8.45. The molecule has 0 N–H and O–H groups in total. The van der Waals surface area contributed by atoms with Crippen molar-refractivity contribution in [3.8, 4) is 11.8 Å². The van der Waals surface area contributed by atoms with Crippen molar-refractivity contribution < 1.29 is 4.74 Å². The molecule has 1 rings (SSSR count). The van der Waals surface area contributed by atoms with Crippen LogP contribution < -0.4 is 4.74 Å². The van der Waals surface area contributed by atoms with E-state index >= 15 is 0 Å². The second kappa shape index (κ2) is 4.78. The average molecular weight is 193 g/mol. The van der Waals surface area contributed by atoms with Crippen LogP contribution in [0.25, 0.3) is 0 Å². The van der Waals surface area contributed by atoms with E-state index in [0.29, 0.717) is 12.8 Å². The summed E-state index contributed by atoms with van der Waals surface area (Å²) in [5.74, 6) is 0.779. The van der Waals surface area contributed by atoms with Gasteiger partial charge in [0, 0.05) is 11.3 Å². The number of nitriles is 1. The van der Waals surface area contributed by atoms with E-state index < -0.39 is 0 Å². The molecule has 0 amide bonds. The molecule has 2 nitrogen and oxygen atoms in total. The lowest BCUT2D eigenvalue weighted by molar-refractivity contribution is 0.400. The number of rotatable bonds is 3. The van der Waals surface area contributed by atoms with Crippen molar-refractivity contribution in [3.63, 3.8) is 0 Å². The van der Waals surface area contributed by atoms with Crippen molar-refractivity contribution in [2.45, 2.75) is 17.7 Å². The Morgan fingerprint density at radius 3 is 2.92 bits per heavy atom. The van der Waals surface area contributed by atoms with Gasteiger partial charge in [-0.1, -0.05) is 12.1 Å². The Morgan fingerprint density at radius 2 is 2.31 bits per heavy atom. The zero-order valence-electron chi connectivity index (χ0n) is 7.45. The first-order valence-corrected chi connectivity index (χ1v) is 4.46. The van der Waals surface area contributed by atoms with E-state index in [1.807, 2.05) is 18.2 Å². The molecule has 1 aromatic carbocycles. The highest BCUT2D eigenvalue weighted by atomic mass is 32.1. The van der Waals surface area contributed by atoms with Crippen LogP contribution in [-0.2, 0) is 6.42 Å². The Kier molecular flexibility index (Phi) is 3.66. The van der Waals surface area contributed by atoms with Crippen molar-refractivity contribution >= 4 is 12.6 Å². The maximum atomic E-state index is 8.45. The lowest BCUT2D eigenvalue weighted by Crippen LogP contribution is -1.92. The minimum atomic E-state index is 0.508. The quantitative estimate of drug-likeness (QED) is 0.748. The number of hydrogen-bond acceptors (Lipinski definition) is 3. The SMILES string of the molecule is COc1c(S)cccc1CCC#N. The first-order chi connectivity index (χ1) is 6.29. The molecular formula is C10H11NOS. The van der Waals surface area contributed by atoms with Crippen molar-refractivity contribution in [2.75, 3.05) is 7.11 Å². The van der Waals surface area contributed by atoms with Crippen molar-refractivity contribution in [3.05, 3.63) is 23.8 Å². The molecule has 0 radical (unpaired) electrons. The third-order valence-corrected chi connectivity index (χ3v) is 2.14. The second-order valence-corrected chi connectivity index (χ2v) is 3.11. The van der Waals surface area contributed by atoms with Crippen LogP contribution in [0.3, 0.4) is 0 Å². The molecule has 0 atom stereocenters. The molecule has 13 heavy (non-hydrogen) atoms. The number of hydrogen-bond donors (Lipinski definition) is 1. The molecule has 1 aromatic rings. The smallest absolute Gasteiger partial charge is 0.135 e. The molecule has 0 heterocycles. The highest BCUT2D eigenvalue weighted by Crippen LogP contribution is 2.27. The van der Waals surface area contributed by atoms with Crippen molar-refractivity contribution in [1.29, 1.82) is 5.26 Å². The summed E-state index contributed by atoms with van der Waals surface area (Å²) in [4.78, 5) is 0.818. The van der Waals surface area contributed by atoms with Gasteiger partial charge in [-0.15, -0.1) is 12.6 Å². The van der Waals surface area contributed by atoms with E-state index in [1.165, 1.54) is 0 Å². The van der Waals surface area contributed by atoms with Gasteiger partial charge in [0.1, 0.15) is 5.75 Å². The van der Waals surface area contributed by atoms with Gasteiger partial charge in [0.2, 0.25) is 0 Å². The number of aryl methyl sites for hydroxylation is 1. The zero-order valence-corrected chi connectivity index (χ0v) is 8.34. The Morgan fingerprint density at radius 1 is 1.54 bits per heavy atom. The van der Waals surface area contributed by atoms with E-state index in [1.54, 1.807) is 7.11 Å². The first kappa shape index (κ1) is 9.94. The van der Waals surface area contributed by atoms with Gasteiger partial charge in [0.05, 0.1) is 13.2 Å². The van der Waals surface area contributed by atoms with Gasteiger partial charge in [-0.05, 0) is 18.1 Å². The lowest BCUT2D eigenvalue weighted by Gasteiger charge is -2.08. The summed E-state index contributed by atoms with van der Waals surface area (Å²) >= 11 is 4.26. The largest absolute Gasteiger partial charge is 0.495 e. The molecule has 0 fully saturated rings. The molecule has 0 aliphatic rings. The van der Waals surface area contributed by atoms with E-state index in [4.69, 9.17) is 10.00 Å². The van der Waals surface area contributed by atoms with Crippen LogP contribution in [0.5, 0.6) is 5.75 Å². The van der Waals surface area contributed by atoms with E-state index in [2.05, 4.69) is 18.7 Å². The number of methoxy groups -OCH3 is 1. The summed E-state index contributed by atoms with van der Waals surface area (Å²) < 4.78 is 5.19. The van der Waals surface area contributed by atoms with Crippen LogP contribution in [-0.4, -0.2) is 7.11 Å². The maximum Gasteiger partial charge on any atom is 0.135 e. The lowest BCUT2D eigenvalue weighted by atomic mass is 10.1. The summed E-state index contributed by atoms with van der Waals surface area (Å²) in [6.45, 7) is 0. The molecule has 0 spiro atoms. The minimum Gasteiger partial charge on any atom is -0.495 e. The van der Waals surface area contributed by atoms with Crippen LogP contribution in [0, 0.1) is 11.3 Å². The molecule has 3 heteroatoms. The third-order valence-electron chi connectivity index (χ3n) is 1.79. The van der Waals surface area contributed by atoms with Gasteiger partial charge >= 0.3 is 0 Å². The molecule has 0 saturated heterocycles. The van der Waals surface area contributed by atoms with Gasteiger partial charge in [-0.3, -0.25) is 0 Å². The van der Waals surface area contributed by atoms with Crippen molar-refractivity contribution in [1.82, 2.24) is 0 Å². The van der Waals surface area contributed by atoms with Crippen LogP contribution in [0.1, 0.15) is 12.0 Å². The molecule has 0 aromatic heterocycles. The van der Waals surface area contributed by atoms with Gasteiger partial charge in [0.25, 0.3) is 0 Å². The topological polar surface area (TPSA) is 33.0 Å². The molecule has 0 aliphatic carbocycles. The fraction of sp³-hybridized carbons (Fsp3) is 0.300. The summed E-state index contributed by atoms with van der Waals surface area (Å²) in [6.07, 6.45) is 1.22. The summed E-state index contributed by atoms with van der Waals surface area (Å²) in [6, 6.07) is 7.85. The van der Waals surface area contributed by atoms with Crippen LogP contribution in [0.15, 0.2) is 23.1 Å². The van der Waals surface area contributed by atoms with E-state index in [9.17, 15) is 0 Å². The molecular weight excluding hydrogens is 182 g/mol. The molecule has 0 aliphatic heterocycles. The van der Waals surface area contributed by atoms with Crippen LogP contribution in [0.2, 0.25) is 0 Å². The van der Waals surface area contributed by atoms with Crippen LogP contribution in [0.4, 0.5) is 0 Å². The summed E-state index contributed by atoms with van der Waals surface area (Å²) in [5.41, 5.74) is 1.04. The van der Waals surface area contributed by atoms with Gasteiger partial charge in [-0.2, -0.15) is 5.26 Å². The first-order valence-electron chi connectivity index (χ1n) is 4.01. The van der Waals surface area contributed by atoms with Gasteiger partial charge in [0.15, 0.2) is 0 Å². The van der Waals surface area contributed by atoms with E-state index in [-0.39, 0.29) is 0 Å². The number of ether oxygens (including phenoxy) is 1. The highest BCUT2D eigenvalue weighted by molar-refractivity contribution is 7.80. The monoisotopic (exact) mass is 193 g/mol. The molecule has 0 unspecified atom stereocenters. The fourth-order valence-corrected chi connectivity index (χ4v) is 1.52. The van der Waals surface area contributed by atoms with Gasteiger partial charge < -0.3 is 4.74 Å². The normalized spacial score (nSPS) is 9.31. The van der Waals surface area contributed by atoms with Gasteiger partial charge in [-0.25, -0.2) is 0 Å². The third kappa shape index (κ3) is 2.40. The number of para-hydroxylation sites is 1. The number of thiol groups is 1. The predicted octanol–water partition coefficient (Wildman–Crippen LogP) is 2.44. The Bertz CT molecular complexity index is 330. The predicted molar refractivity (Wildman–Crippen MR) is 54.2 cm³/mol. The Labute approximate surface area is 83.6 Å². The van der Waals surface area contributed by atoms with E-state index in [0.717, 1.165) is 16.2 Å². The summed E-state index contributed by atoms with van der Waals surface area (Å²) in [7, 11) is 1.62. The standard InChI is InChI=1S/C10H11NOS/c1-12-10-8(5-3-7-11)4-2-6-9(10)13/h2,4,6,13H,3,5H2,1H3. The fourth-order valence-electron chi connectivity index (χ4n) is 1.19.